The Hall–Kier alpha value is -0.910. The van der Waals surface area contributed by atoms with E-state index >= 15 is 0 Å². The Kier molecular flexibility index (Phi) is 5.16. The second-order valence-electron chi connectivity index (χ2n) is 6.81. The zero-order chi connectivity index (χ0) is 15.5. The van der Waals surface area contributed by atoms with Gasteiger partial charge in [-0.3, -0.25) is 4.79 Å². The van der Waals surface area contributed by atoms with Crippen molar-refractivity contribution in [2.24, 2.45) is 11.8 Å². The van der Waals surface area contributed by atoms with Crippen LogP contribution >= 0.6 is 11.3 Å². The molecule has 2 aliphatic heterocycles. The van der Waals surface area contributed by atoms with Gasteiger partial charge in [0.05, 0.1) is 5.56 Å². The first-order chi connectivity index (χ1) is 10.7. The van der Waals surface area contributed by atoms with Crippen molar-refractivity contribution in [2.75, 3.05) is 39.3 Å². The van der Waals surface area contributed by atoms with Gasteiger partial charge in [0.2, 0.25) is 0 Å². The Morgan fingerprint density at radius 1 is 1.32 bits per heavy atom. The predicted octanol–water partition coefficient (Wildman–Crippen LogP) is 2.22. The minimum absolute atomic E-state index is 0.133. The summed E-state index contributed by atoms with van der Waals surface area (Å²) in [6.07, 6.45) is 3.64. The lowest BCUT2D eigenvalue weighted by atomic mass is 9.89. The molecule has 0 radical (unpaired) electrons. The SMILES string of the molecule is Cc1cc(C(=O)N2CC(CO)CC(CN3CCCC3)C2)cs1. The molecule has 0 saturated carbocycles. The molecule has 0 aromatic carbocycles. The number of carbonyl (C=O) groups excluding carboxylic acids is 1. The van der Waals surface area contributed by atoms with E-state index in [9.17, 15) is 9.90 Å². The van der Waals surface area contributed by atoms with Crippen molar-refractivity contribution in [1.29, 1.82) is 0 Å². The van der Waals surface area contributed by atoms with Gasteiger partial charge in [0, 0.05) is 36.5 Å². The van der Waals surface area contributed by atoms with Gasteiger partial charge in [-0.2, -0.15) is 0 Å². The summed E-state index contributed by atoms with van der Waals surface area (Å²) >= 11 is 1.63. The summed E-state index contributed by atoms with van der Waals surface area (Å²) in [7, 11) is 0. The third-order valence-corrected chi connectivity index (χ3v) is 5.72. The number of aliphatic hydroxyl groups excluding tert-OH is 1. The Labute approximate surface area is 136 Å². The van der Waals surface area contributed by atoms with Crippen molar-refractivity contribution in [3.63, 3.8) is 0 Å². The number of hydrogen-bond donors (Lipinski definition) is 1. The average Bonchev–Trinajstić information content (AvgIpc) is 3.17. The van der Waals surface area contributed by atoms with Crippen molar-refractivity contribution in [3.8, 4) is 0 Å². The highest BCUT2D eigenvalue weighted by molar-refractivity contribution is 7.10. The smallest absolute Gasteiger partial charge is 0.254 e. The van der Waals surface area contributed by atoms with E-state index in [1.54, 1.807) is 11.3 Å². The second kappa shape index (κ2) is 7.11. The Morgan fingerprint density at radius 2 is 2.05 bits per heavy atom. The number of carbonyl (C=O) groups is 1. The number of aliphatic hydroxyl groups is 1. The maximum Gasteiger partial charge on any atom is 0.254 e. The molecule has 1 amide bonds. The van der Waals surface area contributed by atoms with Crippen molar-refractivity contribution < 1.29 is 9.90 Å². The molecule has 0 spiro atoms. The van der Waals surface area contributed by atoms with E-state index < -0.39 is 0 Å². The molecule has 3 rings (SSSR count). The minimum Gasteiger partial charge on any atom is -0.396 e. The van der Waals surface area contributed by atoms with E-state index in [-0.39, 0.29) is 18.4 Å². The first kappa shape index (κ1) is 16.0. The summed E-state index contributed by atoms with van der Waals surface area (Å²) in [5, 5.41) is 11.5. The van der Waals surface area contributed by atoms with Gasteiger partial charge in [-0.05, 0) is 57.2 Å². The highest BCUT2D eigenvalue weighted by Crippen LogP contribution is 2.26. The van der Waals surface area contributed by atoms with E-state index in [1.165, 1.54) is 30.8 Å². The van der Waals surface area contributed by atoms with Crippen LogP contribution in [0, 0.1) is 18.8 Å². The maximum atomic E-state index is 12.7. The molecule has 1 N–H and O–H groups in total. The predicted molar refractivity (Wildman–Crippen MR) is 89.3 cm³/mol. The lowest BCUT2D eigenvalue weighted by molar-refractivity contribution is 0.0466. The monoisotopic (exact) mass is 322 g/mol. The quantitative estimate of drug-likeness (QED) is 0.924. The van der Waals surface area contributed by atoms with E-state index in [1.807, 2.05) is 23.3 Å². The Balaban J connectivity index is 1.66. The number of amides is 1. The summed E-state index contributed by atoms with van der Waals surface area (Å²) in [5.74, 6) is 0.853. The molecule has 122 valence electrons. The molecule has 2 fully saturated rings. The molecule has 22 heavy (non-hydrogen) atoms. The standard InChI is InChI=1S/C17H26N2O2S/c1-13-6-16(12-22-13)17(21)19-9-14(7-15(10-19)11-20)8-18-4-2-3-5-18/h6,12,14-15,20H,2-5,7-11H2,1H3. The van der Waals surface area contributed by atoms with Gasteiger partial charge in [0.25, 0.3) is 5.91 Å². The Morgan fingerprint density at radius 3 is 2.68 bits per heavy atom. The normalized spacial score (nSPS) is 26.5. The molecule has 0 bridgehead atoms. The van der Waals surface area contributed by atoms with Crippen molar-refractivity contribution in [2.45, 2.75) is 26.2 Å². The van der Waals surface area contributed by atoms with Crippen LogP contribution in [0.5, 0.6) is 0 Å². The fourth-order valence-electron chi connectivity index (χ4n) is 3.82. The van der Waals surface area contributed by atoms with Crippen molar-refractivity contribution >= 4 is 17.2 Å². The lowest BCUT2D eigenvalue weighted by Gasteiger charge is -2.38. The average molecular weight is 322 g/mol. The van der Waals surface area contributed by atoms with Gasteiger partial charge in [-0.25, -0.2) is 0 Å². The van der Waals surface area contributed by atoms with Gasteiger partial charge in [0.1, 0.15) is 0 Å². The molecular weight excluding hydrogens is 296 g/mol. The summed E-state index contributed by atoms with van der Waals surface area (Å²) in [4.78, 5) is 18.3. The fourth-order valence-corrected chi connectivity index (χ4v) is 4.49. The third kappa shape index (κ3) is 3.70. The fraction of sp³-hybridized carbons (Fsp3) is 0.706. The van der Waals surface area contributed by atoms with Crippen molar-refractivity contribution in [1.82, 2.24) is 9.80 Å². The molecule has 2 aliphatic rings. The van der Waals surface area contributed by atoms with Gasteiger partial charge >= 0.3 is 0 Å². The molecule has 4 nitrogen and oxygen atoms in total. The highest BCUT2D eigenvalue weighted by Gasteiger charge is 2.31. The molecule has 2 saturated heterocycles. The van der Waals surface area contributed by atoms with Crippen molar-refractivity contribution in [3.05, 3.63) is 21.9 Å². The van der Waals surface area contributed by atoms with Gasteiger partial charge in [0.15, 0.2) is 0 Å². The number of nitrogens with zero attached hydrogens (tertiary/aromatic N) is 2. The number of likely N-dealkylation sites (tertiary alicyclic amines) is 2. The van der Waals surface area contributed by atoms with E-state index in [0.717, 1.165) is 25.1 Å². The van der Waals surface area contributed by atoms with Crippen LogP contribution in [0.15, 0.2) is 11.4 Å². The maximum absolute atomic E-state index is 12.7. The summed E-state index contributed by atoms with van der Waals surface area (Å²) in [5.41, 5.74) is 0.806. The first-order valence-electron chi connectivity index (χ1n) is 8.33. The molecule has 1 aromatic heterocycles. The third-order valence-electron chi connectivity index (χ3n) is 4.86. The number of piperidine rings is 1. The summed E-state index contributed by atoms with van der Waals surface area (Å²) < 4.78 is 0. The molecular formula is C17H26N2O2S. The number of aryl methyl sites for hydroxylation is 1. The van der Waals surface area contributed by atoms with Crippen LogP contribution in [-0.2, 0) is 0 Å². The van der Waals surface area contributed by atoms with Crippen LogP contribution in [0.2, 0.25) is 0 Å². The topological polar surface area (TPSA) is 43.8 Å². The number of thiophene rings is 1. The molecule has 2 atom stereocenters. The van der Waals surface area contributed by atoms with E-state index in [4.69, 9.17) is 0 Å². The molecule has 2 unspecified atom stereocenters. The molecule has 1 aromatic rings. The van der Waals surface area contributed by atoms with E-state index in [0.29, 0.717) is 12.5 Å². The molecule has 5 heteroatoms. The second-order valence-corrected chi connectivity index (χ2v) is 7.93. The molecule has 3 heterocycles. The van der Waals surface area contributed by atoms with Gasteiger partial charge in [-0.1, -0.05) is 0 Å². The first-order valence-corrected chi connectivity index (χ1v) is 9.21. The largest absolute Gasteiger partial charge is 0.396 e. The highest BCUT2D eigenvalue weighted by atomic mass is 32.1. The Bertz CT molecular complexity index is 511. The van der Waals surface area contributed by atoms with E-state index in [2.05, 4.69) is 4.90 Å². The molecule has 0 aliphatic carbocycles. The minimum atomic E-state index is 0.133. The van der Waals surface area contributed by atoms with Crippen LogP contribution in [-0.4, -0.2) is 60.1 Å². The van der Waals surface area contributed by atoms with Crippen LogP contribution in [0.3, 0.4) is 0 Å². The zero-order valence-corrected chi connectivity index (χ0v) is 14.1. The number of rotatable bonds is 4. The van der Waals surface area contributed by atoms with Crippen LogP contribution in [0.1, 0.15) is 34.5 Å². The zero-order valence-electron chi connectivity index (χ0n) is 13.3. The summed E-state index contributed by atoms with van der Waals surface area (Å²) in [6.45, 7) is 7.20. The van der Waals surface area contributed by atoms with Gasteiger partial charge < -0.3 is 14.9 Å². The lowest BCUT2D eigenvalue weighted by Crippen LogP contribution is -2.47. The van der Waals surface area contributed by atoms with Crippen LogP contribution in [0.4, 0.5) is 0 Å². The van der Waals surface area contributed by atoms with Crippen LogP contribution < -0.4 is 0 Å². The number of hydrogen-bond acceptors (Lipinski definition) is 4. The van der Waals surface area contributed by atoms with Crippen LogP contribution in [0.25, 0.3) is 0 Å². The van der Waals surface area contributed by atoms with Gasteiger partial charge in [-0.15, -0.1) is 11.3 Å². The summed E-state index contributed by atoms with van der Waals surface area (Å²) in [6, 6.07) is 1.98.